The lowest BCUT2D eigenvalue weighted by Gasteiger charge is -2.29. The first kappa shape index (κ1) is 71.8. The highest BCUT2D eigenvalue weighted by molar-refractivity contribution is 5.95. The first-order chi connectivity index (χ1) is 42.8. The average molecular weight is 1270 g/mol. The minimum Gasteiger partial charge on any atom is -0.463 e. The molecule has 10 aliphatic rings. The van der Waals surface area contributed by atoms with E-state index in [9.17, 15) is 53.7 Å². The van der Waals surface area contributed by atoms with Crippen LogP contribution in [0.2, 0.25) is 0 Å². The summed E-state index contributed by atoms with van der Waals surface area (Å²) in [5.74, 6) is -3.00. The Morgan fingerprint density at radius 2 is 0.722 bits per heavy atom. The van der Waals surface area contributed by atoms with Crippen LogP contribution in [0.3, 0.4) is 0 Å². The third-order valence-corrected chi connectivity index (χ3v) is 15.0. The van der Waals surface area contributed by atoms with Crippen LogP contribution in [0.1, 0.15) is 69.2 Å². The molecule has 10 aliphatic heterocycles. The van der Waals surface area contributed by atoms with E-state index in [0.29, 0.717) is 41.1 Å². The number of hydrogen-bond acceptors (Lipinski definition) is 26. The van der Waals surface area contributed by atoms with E-state index >= 15 is 0 Å². The average Bonchev–Trinajstić information content (AvgIpc) is 2.13. The van der Waals surface area contributed by atoms with Gasteiger partial charge < -0.3 is 86.7 Å². The minimum atomic E-state index is -0.991. The standard InChI is InChI=1S/2C14H18O5.C13H16O6.C12H16O5.C11H14O5/c1-8-7-11-13(9(2)18-14(11)16)19-12(8)5-4-6-17-10(3)15;1-4-17-12(15)6-5-11-8(2)7-10-13(19-11)9(3)18-14(10)16;1-3-17-11(15)5-4-10-9(14)6-8-12(19-10)7(2)18-13(8)16;1-7-11-8(12(14)16-7)6-9(13)10(17-11)4-3-5-15-2;1-6-10-7(11(14)15-6)5-8(13)9(16-10)3-2-4-12/h4-5,7-9,12-13H,6H2,1-3H3;5-9,11,13H,4H2,1-3H3;4-7,9-10,12,14H,3H2,1-2H3;3-4,6-7,9-11,13H,5H2,1-2H3;2-3,5-6,8-10,12-13H,4H2,1H3/b5-4+;6-5-;5-4-;4-3+;3-2+/t8-,9+,12-,13-;8-,9+,11-,13-;7-,9+,10+,12+;7-,9+,10+,11+;6-,8+,9+,10+/m11000/s1. The molecular formula is C64H82O26. The molecule has 0 radical (unpaired) electrons. The number of carbonyl (C=O) groups excluding carboxylic acids is 8. The maximum Gasteiger partial charge on any atom is 0.336 e. The van der Waals surface area contributed by atoms with Crippen LogP contribution in [0.4, 0.5) is 0 Å². The van der Waals surface area contributed by atoms with Crippen LogP contribution in [-0.4, -0.2) is 218 Å². The van der Waals surface area contributed by atoms with Crippen molar-refractivity contribution < 1.29 is 125 Å². The molecule has 5 fully saturated rings. The summed E-state index contributed by atoms with van der Waals surface area (Å²) >= 11 is 0. The van der Waals surface area contributed by atoms with Crippen molar-refractivity contribution in [2.45, 2.75) is 179 Å². The molecule has 10 rings (SSSR count). The van der Waals surface area contributed by atoms with Gasteiger partial charge in [0, 0.05) is 38.0 Å². The van der Waals surface area contributed by atoms with Gasteiger partial charge in [0.1, 0.15) is 104 Å². The molecule has 4 N–H and O–H groups in total. The summed E-state index contributed by atoms with van der Waals surface area (Å²) in [5.41, 5.74) is 2.33. The van der Waals surface area contributed by atoms with E-state index in [1.165, 1.54) is 49.5 Å². The largest absolute Gasteiger partial charge is 0.463 e. The second-order valence-corrected chi connectivity index (χ2v) is 21.9. The first-order valence-electron chi connectivity index (χ1n) is 29.7. The highest BCUT2D eigenvalue weighted by atomic mass is 16.6. The fourth-order valence-electron chi connectivity index (χ4n) is 10.5. The molecule has 0 saturated carbocycles. The third kappa shape index (κ3) is 18.9. The molecule has 0 aromatic rings. The van der Waals surface area contributed by atoms with Gasteiger partial charge in [0.25, 0.3) is 0 Å². The number of fused-ring (bicyclic) bond motifs is 5. The Bertz CT molecular complexity index is 2830. The highest BCUT2D eigenvalue weighted by Gasteiger charge is 2.48. The quantitative estimate of drug-likeness (QED) is 0.0840. The number of hydrogen-bond donors (Lipinski definition) is 4. The number of aliphatic hydroxyl groups excluding tert-OH is 4. The van der Waals surface area contributed by atoms with Crippen LogP contribution in [0.15, 0.2) is 119 Å². The van der Waals surface area contributed by atoms with Crippen molar-refractivity contribution in [3.8, 4) is 0 Å². The van der Waals surface area contributed by atoms with Crippen LogP contribution in [0.25, 0.3) is 0 Å². The fraction of sp³-hybridized carbons (Fsp3) is 0.562. The van der Waals surface area contributed by atoms with E-state index in [-0.39, 0.29) is 110 Å². The number of cyclic esters (lactones) is 5. The van der Waals surface area contributed by atoms with Crippen LogP contribution < -0.4 is 0 Å². The van der Waals surface area contributed by atoms with Crippen molar-refractivity contribution in [2.75, 3.05) is 40.1 Å². The van der Waals surface area contributed by atoms with Gasteiger partial charge in [-0.3, -0.25) is 4.79 Å². The maximum absolute atomic E-state index is 11.6. The van der Waals surface area contributed by atoms with Crippen molar-refractivity contribution in [3.63, 3.8) is 0 Å². The predicted octanol–water partition coefficient (Wildman–Crippen LogP) is 2.59. The van der Waals surface area contributed by atoms with Gasteiger partial charge in [-0.25, -0.2) is 33.6 Å². The molecule has 90 heavy (non-hydrogen) atoms. The van der Waals surface area contributed by atoms with Gasteiger partial charge in [0.15, 0.2) is 0 Å². The first-order valence-corrected chi connectivity index (χ1v) is 29.7. The summed E-state index contributed by atoms with van der Waals surface area (Å²) in [5, 5.41) is 38.0. The SMILES string of the molecule is CC(=O)OC/C=C/[C@H]1O[C@H]2C(=C[C@H]1C)C(=O)O[C@H]2C.CCOC(=O)/C=C\[C@H]1O[C@H]2C(=C[C@H]1C)C(=O)O[C@H]2C.CCOC(=O)/C=C\[C@H]1O[C@H]2C(=C[C@H]1O)C(=O)O[C@H]2C.COC/C=C/[C@H]1O[C@H]2C(=C[C@H]1O)C(=O)O[C@H]2C.C[C@@H]1OC(=O)C2=C[C@@H](O)[C@@H](/C=C/CO)O[C@@H]21. The van der Waals surface area contributed by atoms with Crippen LogP contribution in [0.5, 0.6) is 0 Å². The van der Waals surface area contributed by atoms with Gasteiger partial charge >= 0.3 is 47.8 Å². The van der Waals surface area contributed by atoms with E-state index in [2.05, 4.69) is 0 Å². The molecule has 0 unspecified atom stereocenters. The Kier molecular flexibility index (Phi) is 26.9. The lowest BCUT2D eigenvalue weighted by molar-refractivity contribution is -0.140. The van der Waals surface area contributed by atoms with Gasteiger partial charge in [-0.2, -0.15) is 0 Å². The Morgan fingerprint density at radius 3 is 1.06 bits per heavy atom. The second kappa shape index (κ2) is 33.7. The van der Waals surface area contributed by atoms with Crippen molar-refractivity contribution in [2.24, 2.45) is 11.8 Å². The smallest absolute Gasteiger partial charge is 0.336 e. The molecule has 0 amide bonds. The monoisotopic (exact) mass is 1270 g/mol. The molecular weight excluding hydrogens is 1180 g/mol. The number of ether oxygens (including phenoxy) is 14. The summed E-state index contributed by atoms with van der Waals surface area (Å²) in [6, 6.07) is 0. The van der Waals surface area contributed by atoms with Crippen LogP contribution >= 0.6 is 0 Å². The van der Waals surface area contributed by atoms with Gasteiger partial charge in [-0.15, -0.1) is 0 Å². The fourth-order valence-corrected chi connectivity index (χ4v) is 10.5. The van der Waals surface area contributed by atoms with Crippen LogP contribution in [-0.2, 0) is 105 Å². The summed E-state index contributed by atoms with van der Waals surface area (Å²) in [6.45, 7) is 18.8. The maximum atomic E-state index is 11.6. The predicted molar refractivity (Wildman–Crippen MR) is 312 cm³/mol. The number of carbonyl (C=O) groups is 8. The molecule has 20 atom stereocenters. The van der Waals surface area contributed by atoms with Gasteiger partial charge in [0.05, 0.1) is 66.5 Å². The molecule has 0 aromatic carbocycles. The Balaban J connectivity index is 0.000000179. The molecule has 26 heteroatoms. The molecule has 0 bridgehead atoms. The summed E-state index contributed by atoms with van der Waals surface area (Å²) < 4.78 is 73.0. The van der Waals surface area contributed by atoms with Crippen molar-refractivity contribution in [3.05, 3.63) is 119 Å². The van der Waals surface area contributed by atoms with E-state index < -0.39 is 78.8 Å². The summed E-state index contributed by atoms with van der Waals surface area (Å²) in [4.78, 5) is 90.4. The lowest BCUT2D eigenvalue weighted by Crippen LogP contribution is -2.39. The topological polar surface area (TPSA) is 347 Å². The molecule has 10 heterocycles. The summed E-state index contributed by atoms with van der Waals surface area (Å²) in [6.07, 6.45) is 15.7. The zero-order valence-corrected chi connectivity index (χ0v) is 52.0. The summed E-state index contributed by atoms with van der Waals surface area (Å²) in [7, 11) is 1.59. The number of methoxy groups -OCH3 is 1. The molecule has 5 saturated heterocycles. The minimum absolute atomic E-state index is 0.00905. The highest BCUT2D eigenvalue weighted by Crippen LogP contribution is 2.36. The molecule has 0 aromatic heterocycles. The van der Waals surface area contributed by atoms with Crippen molar-refractivity contribution in [1.82, 2.24) is 0 Å². The van der Waals surface area contributed by atoms with Crippen molar-refractivity contribution in [1.29, 1.82) is 0 Å². The van der Waals surface area contributed by atoms with Gasteiger partial charge in [-0.1, -0.05) is 56.4 Å². The number of esters is 8. The number of rotatable bonds is 14. The zero-order chi connectivity index (χ0) is 66.1. The van der Waals surface area contributed by atoms with Crippen molar-refractivity contribution >= 4 is 47.8 Å². The Labute approximate surface area is 521 Å². The molecule has 0 spiro atoms. The third-order valence-electron chi connectivity index (χ3n) is 15.0. The number of aliphatic hydroxyl groups is 4. The second-order valence-electron chi connectivity index (χ2n) is 21.9. The van der Waals surface area contributed by atoms with Gasteiger partial charge in [-0.05, 0) is 84.9 Å². The van der Waals surface area contributed by atoms with E-state index in [0.717, 1.165) is 0 Å². The van der Waals surface area contributed by atoms with Crippen LogP contribution in [0, 0.1) is 11.8 Å². The molecule has 494 valence electrons. The molecule has 26 nitrogen and oxygen atoms in total. The Morgan fingerprint density at radius 1 is 0.433 bits per heavy atom. The van der Waals surface area contributed by atoms with E-state index in [1.54, 1.807) is 79.0 Å². The zero-order valence-electron chi connectivity index (χ0n) is 52.0. The normalized spacial score (nSPS) is 35.2. The Hall–Kier alpha value is -7.24. The van der Waals surface area contributed by atoms with Gasteiger partial charge in [0.2, 0.25) is 0 Å². The lowest BCUT2D eigenvalue weighted by atomic mass is 9.94. The molecule has 0 aliphatic carbocycles. The van der Waals surface area contributed by atoms with E-state index in [1.807, 2.05) is 39.0 Å². The van der Waals surface area contributed by atoms with E-state index in [4.69, 9.17) is 71.4 Å².